The molecule has 21 heavy (non-hydrogen) atoms. The number of thiophene rings is 1. The summed E-state index contributed by atoms with van der Waals surface area (Å²) in [5, 5.41) is 14.4. The summed E-state index contributed by atoms with van der Waals surface area (Å²) < 4.78 is 5.04. The Bertz CT molecular complexity index is 581. The molecule has 5 heteroatoms. The second kappa shape index (κ2) is 7.69. The second-order valence-corrected chi connectivity index (χ2v) is 5.75. The molecule has 112 valence electrons. The second-order valence-electron chi connectivity index (χ2n) is 4.72. The normalized spacial score (nSPS) is 10.3. The zero-order valence-corrected chi connectivity index (χ0v) is 12.8. The van der Waals surface area contributed by atoms with Crippen LogP contribution in [0.3, 0.4) is 0 Å². The van der Waals surface area contributed by atoms with Crippen LogP contribution >= 0.6 is 11.3 Å². The van der Waals surface area contributed by atoms with E-state index in [1.807, 2.05) is 11.4 Å². The molecule has 4 nitrogen and oxygen atoms in total. The molecule has 0 fully saturated rings. The molecule has 0 aliphatic carbocycles. The molecule has 1 aromatic heterocycles. The fourth-order valence-corrected chi connectivity index (χ4v) is 2.75. The van der Waals surface area contributed by atoms with E-state index in [0.29, 0.717) is 18.7 Å². The molecule has 1 heterocycles. The van der Waals surface area contributed by atoms with E-state index in [-0.39, 0.29) is 11.7 Å². The van der Waals surface area contributed by atoms with Gasteiger partial charge in [-0.3, -0.25) is 4.79 Å². The Labute approximate surface area is 128 Å². The number of benzene rings is 1. The fourth-order valence-electron chi connectivity index (χ4n) is 2.00. The van der Waals surface area contributed by atoms with Gasteiger partial charge in [0.1, 0.15) is 0 Å². The van der Waals surface area contributed by atoms with Gasteiger partial charge in [0.25, 0.3) is 0 Å². The largest absolute Gasteiger partial charge is 0.504 e. The molecule has 1 amide bonds. The van der Waals surface area contributed by atoms with E-state index in [9.17, 15) is 9.90 Å². The van der Waals surface area contributed by atoms with Gasteiger partial charge in [-0.05, 0) is 42.0 Å². The number of methoxy groups -OCH3 is 1. The van der Waals surface area contributed by atoms with Gasteiger partial charge in [-0.1, -0.05) is 12.1 Å². The number of rotatable bonds is 7. The molecule has 0 radical (unpaired) electrons. The summed E-state index contributed by atoms with van der Waals surface area (Å²) in [4.78, 5) is 13.1. The van der Waals surface area contributed by atoms with E-state index in [1.165, 1.54) is 12.0 Å². The zero-order valence-electron chi connectivity index (χ0n) is 12.0. The van der Waals surface area contributed by atoms with Gasteiger partial charge in [-0.2, -0.15) is 0 Å². The summed E-state index contributed by atoms with van der Waals surface area (Å²) in [6.07, 6.45) is 2.32. The molecular formula is C16H19NO3S. The summed E-state index contributed by atoms with van der Waals surface area (Å²) in [6, 6.07) is 9.17. The van der Waals surface area contributed by atoms with E-state index in [0.717, 1.165) is 18.4 Å². The topological polar surface area (TPSA) is 58.6 Å². The minimum atomic E-state index is 0.0404. The van der Waals surface area contributed by atoms with Gasteiger partial charge in [-0.25, -0.2) is 0 Å². The molecule has 1 aromatic carbocycles. The van der Waals surface area contributed by atoms with Crippen LogP contribution in [0.1, 0.15) is 23.3 Å². The minimum Gasteiger partial charge on any atom is -0.504 e. The van der Waals surface area contributed by atoms with Crippen LogP contribution in [0.2, 0.25) is 0 Å². The van der Waals surface area contributed by atoms with Crippen molar-refractivity contribution in [2.24, 2.45) is 0 Å². The average Bonchev–Trinajstić information content (AvgIpc) is 2.99. The smallest absolute Gasteiger partial charge is 0.220 e. The number of phenols is 1. The number of carbonyl (C=O) groups excluding carboxylic acids is 1. The highest BCUT2D eigenvalue weighted by Crippen LogP contribution is 2.26. The maximum absolute atomic E-state index is 11.8. The first kappa shape index (κ1) is 15.4. The van der Waals surface area contributed by atoms with Crippen LogP contribution in [0.4, 0.5) is 0 Å². The lowest BCUT2D eigenvalue weighted by atomic mass is 10.2. The van der Waals surface area contributed by atoms with Gasteiger partial charge >= 0.3 is 0 Å². The Hall–Kier alpha value is -2.01. The van der Waals surface area contributed by atoms with Crippen molar-refractivity contribution < 1.29 is 14.6 Å². The predicted octanol–water partition coefficient (Wildman–Crippen LogP) is 3.10. The van der Waals surface area contributed by atoms with Crippen LogP contribution in [0, 0.1) is 0 Å². The minimum absolute atomic E-state index is 0.0404. The van der Waals surface area contributed by atoms with Gasteiger partial charge in [0.15, 0.2) is 11.5 Å². The van der Waals surface area contributed by atoms with E-state index < -0.39 is 0 Å². The average molecular weight is 305 g/mol. The zero-order chi connectivity index (χ0) is 15.1. The standard InChI is InChI=1S/C16H19NO3S/c1-20-15-10-12(7-8-14(15)18)11-17-16(19)6-2-4-13-5-3-9-21-13/h3,5,7-10,18H,2,4,6,11H2,1H3,(H,17,19). The molecule has 2 N–H and O–H groups in total. The molecule has 0 bridgehead atoms. The van der Waals surface area contributed by atoms with Crippen molar-refractivity contribution in [2.45, 2.75) is 25.8 Å². The van der Waals surface area contributed by atoms with Crippen LogP contribution in [0.15, 0.2) is 35.7 Å². The first-order valence-electron chi connectivity index (χ1n) is 6.84. The first-order chi connectivity index (χ1) is 10.2. The molecule has 2 aromatic rings. The highest BCUT2D eigenvalue weighted by molar-refractivity contribution is 7.09. The number of ether oxygens (including phenoxy) is 1. The lowest BCUT2D eigenvalue weighted by molar-refractivity contribution is -0.121. The molecular weight excluding hydrogens is 286 g/mol. The Kier molecular flexibility index (Phi) is 5.63. The number of hydrogen-bond acceptors (Lipinski definition) is 4. The van der Waals surface area contributed by atoms with Crippen molar-refractivity contribution in [3.8, 4) is 11.5 Å². The molecule has 0 unspecified atom stereocenters. The number of carbonyl (C=O) groups is 1. The summed E-state index contributed by atoms with van der Waals surface area (Å²) in [6.45, 7) is 0.439. The highest BCUT2D eigenvalue weighted by Gasteiger charge is 2.05. The van der Waals surface area contributed by atoms with E-state index in [2.05, 4.69) is 11.4 Å². The molecule has 2 rings (SSSR count). The van der Waals surface area contributed by atoms with Gasteiger partial charge in [0, 0.05) is 17.8 Å². The summed E-state index contributed by atoms with van der Waals surface area (Å²) in [5.41, 5.74) is 0.899. The quantitative estimate of drug-likeness (QED) is 0.826. The van der Waals surface area contributed by atoms with Crippen molar-refractivity contribution in [3.63, 3.8) is 0 Å². The lowest BCUT2D eigenvalue weighted by Crippen LogP contribution is -2.22. The summed E-state index contributed by atoms with van der Waals surface area (Å²) in [5.74, 6) is 0.557. The Morgan fingerprint density at radius 1 is 1.38 bits per heavy atom. The molecule has 0 aliphatic rings. The number of aromatic hydroxyl groups is 1. The van der Waals surface area contributed by atoms with Crippen LogP contribution in [0.25, 0.3) is 0 Å². The van der Waals surface area contributed by atoms with Crippen LogP contribution in [-0.4, -0.2) is 18.1 Å². The van der Waals surface area contributed by atoms with Gasteiger partial charge in [0.05, 0.1) is 7.11 Å². The third-order valence-corrected chi connectivity index (χ3v) is 4.08. The van der Waals surface area contributed by atoms with Crippen LogP contribution < -0.4 is 10.1 Å². The van der Waals surface area contributed by atoms with Crippen molar-refractivity contribution in [1.82, 2.24) is 5.32 Å². The first-order valence-corrected chi connectivity index (χ1v) is 7.72. The van der Waals surface area contributed by atoms with Crippen molar-refractivity contribution in [2.75, 3.05) is 7.11 Å². The van der Waals surface area contributed by atoms with Crippen LogP contribution in [0.5, 0.6) is 11.5 Å². The fraction of sp³-hybridized carbons (Fsp3) is 0.312. The number of amides is 1. The van der Waals surface area contributed by atoms with Crippen molar-refractivity contribution in [1.29, 1.82) is 0 Å². The van der Waals surface area contributed by atoms with E-state index >= 15 is 0 Å². The van der Waals surface area contributed by atoms with E-state index in [1.54, 1.807) is 29.5 Å². The predicted molar refractivity (Wildman–Crippen MR) is 83.8 cm³/mol. The monoisotopic (exact) mass is 305 g/mol. The SMILES string of the molecule is COc1cc(CNC(=O)CCCc2cccs2)ccc1O. The summed E-state index contributed by atoms with van der Waals surface area (Å²) in [7, 11) is 1.50. The molecule has 0 atom stereocenters. The van der Waals surface area contributed by atoms with Gasteiger partial charge in [0.2, 0.25) is 5.91 Å². The molecule has 0 spiro atoms. The van der Waals surface area contributed by atoms with E-state index in [4.69, 9.17) is 4.74 Å². The molecule has 0 saturated heterocycles. The van der Waals surface area contributed by atoms with Crippen LogP contribution in [-0.2, 0) is 17.8 Å². The maximum atomic E-state index is 11.8. The Morgan fingerprint density at radius 3 is 2.95 bits per heavy atom. The van der Waals surface area contributed by atoms with Crippen molar-refractivity contribution in [3.05, 3.63) is 46.2 Å². The number of hydrogen-bond donors (Lipinski definition) is 2. The maximum Gasteiger partial charge on any atom is 0.220 e. The molecule has 0 saturated carbocycles. The highest BCUT2D eigenvalue weighted by atomic mass is 32.1. The van der Waals surface area contributed by atoms with Crippen molar-refractivity contribution >= 4 is 17.2 Å². The third kappa shape index (κ3) is 4.79. The third-order valence-electron chi connectivity index (χ3n) is 3.14. The lowest BCUT2D eigenvalue weighted by Gasteiger charge is -2.08. The number of phenolic OH excluding ortho intramolecular Hbond substituents is 1. The Morgan fingerprint density at radius 2 is 2.24 bits per heavy atom. The Balaban J connectivity index is 1.73. The van der Waals surface area contributed by atoms with Gasteiger partial charge in [-0.15, -0.1) is 11.3 Å². The number of aryl methyl sites for hydroxylation is 1. The number of nitrogens with one attached hydrogen (secondary N) is 1. The summed E-state index contributed by atoms with van der Waals surface area (Å²) >= 11 is 1.72. The van der Waals surface area contributed by atoms with Gasteiger partial charge < -0.3 is 15.2 Å². The molecule has 0 aliphatic heterocycles.